The molecule has 16 heavy (non-hydrogen) atoms. The Morgan fingerprint density at radius 1 is 1.50 bits per heavy atom. The Labute approximate surface area is 103 Å². The van der Waals surface area contributed by atoms with Crippen molar-refractivity contribution in [2.24, 2.45) is 5.73 Å². The summed E-state index contributed by atoms with van der Waals surface area (Å²) in [5.41, 5.74) is 8.35. The lowest BCUT2D eigenvalue weighted by atomic mass is 10.2. The summed E-state index contributed by atoms with van der Waals surface area (Å²) in [6.07, 6.45) is 0. The lowest BCUT2D eigenvalue weighted by Gasteiger charge is -2.06. The normalized spacial score (nSPS) is 10.1. The predicted octanol–water partition coefficient (Wildman–Crippen LogP) is 2.83. The second kappa shape index (κ2) is 4.59. The first-order valence-corrected chi connectivity index (χ1v) is 6.08. The van der Waals surface area contributed by atoms with Gasteiger partial charge in [0.05, 0.1) is 5.69 Å². The molecule has 0 aromatic carbocycles. The molecule has 0 radical (unpaired) electrons. The molecule has 82 valence electrons. The second-order valence-corrected chi connectivity index (χ2v) is 4.60. The summed E-state index contributed by atoms with van der Waals surface area (Å²) in [6, 6.07) is 5.73. The third-order valence-electron chi connectivity index (χ3n) is 2.03. The molecule has 0 unspecified atom stereocenters. The zero-order valence-corrected chi connectivity index (χ0v) is 10.4. The van der Waals surface area contributed by atoms with Gasteiger partial charge in [0.15, 0.2) is 0 Å². The summed E-state index contributed by atoms with van der Waals surface area (Å²) in [6.45, 7) is 1.92. The molecule has 0 atom stereocenters. The van der Waals surface area contributed by atoms with Crippen LogP contribution in [0.1, 0.15) is 11.3 Å². The average molecular weight is 249 g/mol. The number of aromatic nitrogens is 1. The van der Waals surface area contributed by atoms with Crippen molar-refractivity contribution in [2.45, 2.75) is 6.92 Å². The van der Waals surface area contributed by atoms with Crippen LogP contribution >= 0.6 is 23.6 Å². The molecule has 2 aromatic rings. The minimum absolute atomic E-state index is 0.388. The molecular formula is C11H11N3S2. The first-order chi connectivity index (χ1) is 7.65. The van der Waals surface area contributed by atoms with E-state index >= 15 is 0 Å². The fourth-order valence-corrected chi connectivity index (χ4v) is 2.06. The van der Waals surface area contributed by atoms with E-state index < -0.39 is 0 Å². The topological polar surface area (TPSA) is 50.9 Å². The molecule has 0 spiro atoms. The van der Waals surface area contributed by atoms with Gasteiger partial charge in [-0.2, -0.15) is 11.3 Å². The van der Waals surface area contributed by atoms with E-state index in [2.05, 4.69) is 10.3 Å². The molecule has 3 N–H and O–H groups in total. The number of anilines is 2. The number of pyridine rings is 1. The zero-order valence-electron chi connectivity index (χ0n) is 8.73. The Kier molecular flexibility index (Phi) is 3.17. The molecule has 0 saturated heterocycles. The van der Waals surface area contributed by atoms with Gasteiger partial charge in [0.2, 0.25) is 0 Å². The van der Waals surface area contributed by atoms with Gasteiger partial charge in [-0.05, 0) is 30.5 Å². The highest BCUT2D eigenvalue weighted by Crippen LogP contribution is 2.19. The van der Waals surface area contributed by atoms with Crippen LogP contribution in [0.4, 0.5) is 11.5 Å². The standard InChI is InChI=1S/C11H11N3S2/c1-7-4-8(11(12)15)5-10(13-7)14-9-2-3-16-6-9/h2-6H,1H3,(H2,12,15)(H,13,14). The van der Waals surface area contributed by atoms with Crippen molar-refractivity contribution >= 4 is 40.0 Å². The van der Waals surface area contributed by atoms with Crippen molar-refractivity contribution in [3.8, 4) is 0 Å². The van der Waals surface area contributed by atoms with E-state index in [9.17, 15) is 0 Å². The molecule has 2 heterocycles. The van der Waals surface area contributed by atoms with Gasteiger partial charge in [-0.25, -0.2) is 4.98 Å². The first-order valence-electron chi connectivity index (χ1n) is 4.73. The summed E-state index contributed by atoms with van der Waals surface area (Å²) >= 11 is 6.59. The smallest absolute Gasteiger partial charge is 0.131 e. The molecule has 0 aliphatic rings. The van der Waals surface area contributed by atoms with E-state index in [0.717, 1.165) is 22.8 Å². The Morgan fingerprint density at radius 2 is 2.31 bits per heavy atom. The number of nitrogens with one attached hydrogen (secondary N) is 1. The minimum Gasteiger partial charge on any atom is -0.389 e. The highest BCUT2D eigenvalue weighted by Gasteiger charge is 2.03. The van der Waals surface area contributed by atoms with Crippen molar-refractivity contribution in [2.75, 3.05) is 5.32 Å². The SMILES string of the molecule is Cc1cc(C(N)=S)cc(Nc2ccsc2)n1. The molecule has 2 aromatic heterocycles. The van der Waals surface area contributed by atoms with Gasteiger partial charge in [-0.1, -0.05) is 12.2 Å². The molecule has 0 aliphatic heterocycles. The van der Waals surface area contributed by atoms with Crippen molar-refractivity contribution in [3.63, 3.8) is 0 Å². The van der Waals surface area contributed by atoms with Crippen LogP contribution in [0.5, 0.6) is 0 Å². The molecule has 0 aliphatic carbocycles. The van der Waals surface area contributed by atoms with Gasteiger partial charge < -0.3 is 11.1 Å². The van der Waals surface area contributed by atoms with Crippen molar-refractivity contribution < 1.29 is 0 Å². The van der Waals surface area contributed by atoms with Gasteiger partial charge >= 0.3 is 0 Å². The molecule has 0 saturated carbocycles. The van der Waals surface area contributed by atoms with Crippen LogP contribution in [0.25, 0.3) is 0 Å². The van der Waals surface area contributed by atoms with Crippen LogP contribution < -0.4 is 11.1 Å². The number of hydrogen-bond acceptors (Lipinski definition) is 4. The van der Waals surface area contributed by atoms with E-state index in [1.54, 1.807) is 11.3 Å². The number of nitrogens with two attached hydrogens (primary N) is 1. The van der Waals surface area contributed by atoms with E-state index in [0.29, 0.717) is 4.99 Å². The molecule has 5 heteroatoms. The Morgan fingerprint density at radius 3 is 2.94 bits per heavy atom. The van der Waals surface area contributed by atoms with Gasteiger partial charge in [0, 0.05) is 16.6 Å². The molecular weight excluding hydrogens is 238 g/mol. The number of rotatable bonds is 3. The quantitative estimate of drug-likeness (QED) is 0.821. The summed E-state index contributed by atoms with van der Waals surface area (Å²) in [4.78, 5) is 4.76. The third kappa shape index (κ3) is 2.56. The first kappa shape index (κ1) is 11.0. The van der Waals surface area contributed by atoms with E-state index in [4.69, 9.17) is 18.0 Å². The Balaban J connectivity index is 2.31. The Bertz CT molecular complexity index is 506. The number of hydrogen-bond donors (Lipinski definition) is 2. The predicted molar refractivity (Wildman–Crippen MR) is 72.5 cm³/mol. The largest absolute Gasteiger partial charge is 0.389 e. The van der Waals surface area contributed by atoms with Crippen LogP contribution in [0.15, 0.2) is 29.0 Å². The van der Waals surface area contributed by atoms with Crippen LogP contribution in [0.2, 0.25) is 0 Å². The lowest BCUT2D eigenvalue weighted by Crippen LogP contribution is -2.10. The fourth-order valence-electron chi connectivity index (χ4n) is 1.36. The fraction of sp³-hybridized carbons (Fsp3) is 0.0909. The molecule has 2 rings (SSSR count). The van der Waals surface area contributed by atoms with E-state index in [1.165, 1.54) is 0 Å². The van der Waals surface area contributed by atoms with E-state index in [-0.39, 0.29) is 0 Å². The number of thiocarbonyl (C=S) groups is 1. The molecule has 3 nitrogen and oxygen atoms in total. The average Bonchev–Trinajstić information content (AvgIpc) is 2.69. The minimum atomic E-state index is 0.388. The highest BCUT2D eigenvalue weighted by atomic mass is 32.1. The van der Waals surface area contributed by atoms with Crippen molar-refractivity contribution in [3.05, 3.63) is 40.2 Å². The Hall–Kier alpha value is -1.46. The monoisotopic (exact) mass is 249 g/mol. The van der Waals surface area contributed by atoms with Gasteiger partial charge in [0.25, 0.3) is 0 Å². The number of aryl methyl sites for hydroxylation is 1. The van der Waals surface area contributed by atoms with Crippen molar-refractivity contribution in [1.82, 2.24) is 4.98 Å². The summed E-state index contributed by atoms with van der Waals surface area (Å²) in [7, 11) is 0. The molecule has 0 amide bonds. The van der Waals surface area contributed by atoms with Crippen LogP contribution in [-0.2, 0) is 0 Å². The summed E-state index contributed by atoms with van der Waals surface area (Å²) < 4.78 is 0. The maximum atomic E-state index is 5.60. The number of nitrogens with zero attached hydrogens (tertiary/aromatic N) is 1. The highest BCUT2D eigenvalue weighted by molar-refractivity contribution is 7.80. The number of thiophene rings is 1. The molecule has 0 bridgehead atoms. The van der Waals surface area contributed by atoms with Gasteiger partial charge in [-0.15, -0.1) is 0 Å². The van der Waals surface area contributed by atoms with E-state index in [1.807, 2.05) is 35.9 Å². The maximum absolute atomic E-state index is 5.60. The maximum Gasteiger partial charge on any atom is 0.131 e. The van der Waals surface area contributed by atoms with Crippen LogP contribution in [0.3, 0.4) is 0 Å². The van der Waals surface area contributed by atoms with Crippen LogP contribution in [0, 0.1) is 6.92 Å². The lowest BCUT2D eigenvalue weighted by molar-refractivity contribution is 1.19. The van der Waals surface area contributed by atoms with Gasteiger partial charge in [0.1, 0.15) is 10.8 Å². The van der Waals surface area contributed by atoms with Crippen LogP contribution in [-0.4, -0.2) is 9.97 Å². The molecule has 0 fully saturated rings. The summed E-state index contributed by atoms with van der Waals surface area (Å²) in [5, 5.41) is 7.23. The third-order valence-corrected chi connectivity index (χ3v) is 2.95. The van der Waals surface area contributed by atoms with Gasteiger partial charge in [-0.3, -0.25) is 0 Å². The van der Waals surface area contributed by atoms with Crippen molar-refractivity contribution in [1.29, 1.82) is 0 Å². The summed E-state index contributed by atoms with van der Waals surface area (Å²) in [5.74, 6) is 0.765. The zero-order chi connectivity index (χ0) is 11.5. The second-order valence-electron chi connectivity index (χ2n) is 3.38.